The van der Waals surface area contributed by atoms with Crippen LogP contribution in [0.15, 0.2) is 18.2 Å². The number of carbonyl (C=O) groups excluding carboxylic acids is 2. The molecule has 1 aliphatic rings. The Bertz CT molecular complexity index is 488. The van der Waals surface area contributed by atoms with Gasteiger partial charge in [0, 0.05) is 12.1 Å². The minimum atomic E-state index is -0.477. The molecular weight excluding hydrogens is 235 g/mol. The van der Waals surface area contributed by atoms with E-state index >= 15 is 0 Å². The van der Waals surface area contributed by atoms with Gasteiger partial charge >= 0.3 is 0 Å². The summed E-state index contributed by atoms with van der Waals surface area (Å²) in [6.45, 7) is 1.88. The molecule has 1 atom stereocenters. The maximum atomic E-state index is 13.6. The van der Waals surface area contributed by atoms with Crippen molar-refractivity contribution in [3.8, 4) is 0 Å². The highest BCUT2D eigenvalue weighted by Gasteiger charge is 2.26. The number of piperidine rings is 1. The number of aryl methyl sites for hydroxylation is 1. The maximum Gasteiger partial charge on any atom is 0.249 e. The van der Waals surface area contributed by atoms with Crippen molar-refractivity contribution in [1.82, 2.24) is 5.32 Å². The maximum absolute atomic E-state index is 13.6. The normalized spacial score (nSPS) is 19.6. The van der Waals surface area contributed by atoms with Crippen LogP contribution in [0.1, 0.15) is 25.3 Å². The van der Waals surface area contributed by atoms with Gasteiger partial charge in [-0.2, -0.15) is 0 Å². The van der Waals surface area contributed by atoms with Gasteiger partial charge < -0.3 is 5.32 Å². The van der Waals surface area contributed by atoms with Crippen LogP contribution < -0.4 is 10.6 Å². The highest BCUT2D eigenvalue weighted by Crippen LogP contribution is 2.18. The lowest BCUT2D eigenvalue weighted by atomic mass is 10.1. The van der Waals surface area contributed by atoms with Crippen molar-refractivity contribution in [2.45, 2.75) is 32.2 Å². The predicted molar refractivity (Wildman–Crippen MR) is 65.6 cm³/mol. The zero-order valence-electron chi connectivity index (χ0n) is 10.1. The van der Waals surface area contributed by atoms with E-state index in [0.717, 1.165) is 0 Å². The average Bonchev–Trinajstić information content (AvgIpc) is 2.33. The smallest absolute Gasteiger partial charge is 0.249 e. The van der Waals surface area contributed by atoms with Crippen LogP contribution >= 0.6 is 0 Å². The van der Waals surface area contributed by atoms with Crippen molar-refractivity contribution in [2.24, 2.45) is 0 Å². The van der Waals surface area contributed by atoms with Gasteiger partial charge in [-0.15, -0.1) is 0 Å². The molecule has 18 heavy (non-hydrogen) atoms. The summed E-state index contributed by atoms with van der Waals surface area (Å²) in [7, 11) is 0. The van der Waals surface area contributed by atoms with E-state index in [1.165, 1.54) is 6.07 Å². The van der Waals surface area contributed by atoms with Crippen LogP contribution in [0.5, 0.6) is 0 Å². The fourth-order valence-electron chi connectivity index (χ4n) is 1.96. The number of nitrogens with one attached hydrogen (secondary N) is 2. The number of anilines is 1. The van der Waals surface area contributed by atoms with Gasteiger partial charge in [0.1, 0.15) is 11.9 Å². The first kappa shape index (κ1) is 12.5. The van der Waals surface area contributed by atoms with Gasteiger partial charge in [0.25, 0.3) is 0 Å². The van der Waals surface area contributed by atoms with E-state index in [2.05, 4.69) is 10.6 Å². The van der Waals surface area contributed by atoms with E-state index in [1.807, 2.05) is 6.92 Å². The molecule has 1 unspecified atom stereocenters. The predicted octanol–water partition coefficient (Wildman–Crippen LogP) is 1.61. The molecule has 4 nitrogen and oxygen atoms in total. The number of imide groups is 1. The first-order valence-electron chi connectivity index (χ1n) is 5.99. The molecule has 2 rings (SSSR count). The van der Waals surface area contributed by atoms with Crippen LogP contribution in [0.4, 0.5) is 10.1 Å². The molecule has 96 valence electrons. The van der Waals surface area contributed by atoms with E-state index in [4.69, 9.17) is 0 Å². The van der Waals surface area contributed by atoms with Crippen LogP contribution in [0.3, 0.4) is 0 Å². The number of hydrogen-bond donors (Lipinski definition) is 2. The fourth-order valence-corrected chi connectivity index (χ4v) is 1.96. The Hall–Kier alpha value is -1.91. The number of halogens is 1. The SMILES string of the molecule is CCc1ccc(NC2CCC(=O)NC2=O)cc1F. The Labute approximate surface area is 105 Å². The monoisotopic (exact) mass is 250 g/mol. The Morgan fingerprint density at radius 1 is 1.44 bits per heavy atom. The Balaban J connectivity index is 2.07. The van der Waals surface area contributed by atoms with Crippen LogP contribution in [0.25, 0.3) is 0 Å². The Kier molecular flexibility index (Phi) is 3.60. The molecule has 0 aliphatic carbocycles. The second kappa shape index (κ2) is 5.16. The highest BCUT2D eigenvalue weighted by molar-refractivity contribution is 6.01. The Morgan fingerprint density at radius 2 is 2.22 bits per heavy atom. The summed E-state index contributed by atoms with van der Waals surface area (Å²) in [5.74, 6) is -0.897. The van der Waals surface area contributed by atoms with Gasteiger partial charge in [0.2, 0.25) is 11.8 Å². The minimum absolute atomic E-state index is 0.259. The van der Waals surface area contributed by atoms with Gasteiger partial charge in [-0.05, 0) is 30.5 Å². The van der Waals surface area contributed by atoms with Crippen molar-refractivity contribution >= 4 is 17.5 Å². The number of rotatable bonds is 3. The van der Waals surface area contributed by atoms with Crippen molar-refractivity contribution in [1.29, 1.82) is 0 Å². The molecule has 5 heteroatoms. The summed E-state index contributed by atoms with van der Waals surface area (Å²) >= 11 is 0. The number of carbonyl (C=O) groups is 2. The van der Waals surface area contributed by atoms with E-state index in [1.54, 1.807) is 12.1 Å². The third-order valence-electron chi connectivity index (χ3n) is 3.01. The van der Waals surface area contributed by atoms with Crippen LogP contribution in [-0.4, -0.2) is 17.9 Å². The van der Waals surface area contributed by atoms with E-state index in [-0.39, 0.29) is 17.6 Å². The largest absolute Gasteiger partial charge is 0.374 e. The first-order chi connectivity index (χ1) is 8.60. The zero-order chi connectivity index (χ0) is 13.1. The highest BCUT2D eigenvalue weighted by atomic mass is 19.1. The molecule has 2 N–H and O–H groups in total. The Morgan fingerprint density at radius 3 is 2.83 bits per heavy atom. The summed E-state index contributed by atoms with van der Waals surface area (Å²) < 4.78 is 13.6. The molecule has 1 aromatic carbocycles. The van der Waals surface area contributed by atoms with Crippen LogP contribution in [0, 0.1) is 5.82 Å². The molecule has 0 spiro atoms. The average molecular weight is 250 g/mol. The third-order valence-corrected chi connectivity index (χ3v) is 3.01. The lowest BCUT2D eigenvalue weighted by molar-refractivity contribution is -0.133. The molecule has 1 fully saturated rings. The van der Waals surface area contributed by atoms with Crippen LogP contribution in [-0.2, 0) is 16.0 Å². The molecule has 1 saturated heterocycles. The third kappa shape index (κ3) is 2.67. The minimum Gasteiger partial charge on any atom is -0.374 e. The van der Waals surface area contributed by atoms with Crippen LogP contribution in [0.2, 0.25) is 0 Å². The lowest BCUT2D eigenvalue weighted by Gasteiger charge is -2.22. The van der Waals surface area contributed by atoms with Gasteiger partial charge in [0.05, 0.1) is 0 Å². The summed E-state index contributed by atoms with van der Waals surface area (Å²) in [5, 5.41) is 5.19. The molecule has 0 bridgehead atoms. The second-order valence-electron chi connectivity index (χ2n) is 4.31. The molecule has 0 radical (unpaired) electrons. The van der Waals surface area contributed by atoms with Crippen molar-refractivity contribution in [2.75, 3.05) is 5.32 Å². The number of benzene rings is 1. The van der Waals surface area contributed by atoms with E-state index < -0.39 is 6.04 Å². The van der Waals surface area contributed by atoms with Crippen molar-refractivity contribution < 1.29 is 14.0 Å². The summed E-state index contributed by atoms with van der Waals surface area (Å²) in [6.07, 6.45) is 1.37. The van der Waals surface area contributed by atoms with Gasteiger partial charge in [-0.1, -0.05) is 13.0 Å². The molecular formula is C13H15FN2O2. The molecule has 1 aromatic rings. The molecule has 1 heterocycles. The zero-order valence-corrected chi connectivity index (χ0v) is 10.1. The van der Waals surface area contributed by atoms with E-state index in [9.17, 15) is 14.0 Å². The van der Waals surface area contributed by atoms with Gasteiger partial charge in [0.15, 0.2) is 0 Å². The summed E-state index contributed by atoms with van der Waals surface area (Å²) in [5.41, 5.74) is 1.20. The lowest BCUT2D eigenvalue weighted by Crippen LogP contribution is -2.47. The molecule has 1 aliphatic heterocycles. The standard InChI is InChI=1S/C13H15FN2O2/c1-2-8-3-4-9(7-10(8)14)15-11-5-6-12(17)16-13(11)18/h3-4,7,11,15H,2,5-6H2,1H3,(H,16,17,18). The van der Waals surface area contributed by atoms with Crippen molar-refractivity contribution in [3.63, 3.8) is 0 Å². The summed E-state index contributed by atoms with van der Waals surface area (Å²) in [4.78, 5) is 22.5. The topological polar surface area (TPSA) is 58.2 Å². The number of hydrogen-bond acceptors (Lipinski definition) is 3. The quantitative estimate of drug-likeness (QED) is 0.801. The number of amides is 2. The molecule has 0 saturated carbocycles. The molecule has 0 aromatic heterocycles. The second-order valence-corrected chi connectivity index (χ2v) is 4.31. The van der Waals surface area contributed by atoms with Crippen molar-refractivity contribution in [3.05, 3.63) is 29.6 Å². The fraction of sp³-hybridized carbons (Fsp3) is 0.385. The first-order valence-corrected chi connectivity index (χ1v) is 5.99. The van der Waals surface area contributed by atoms with Gasteiger partial charge in [-0.25, -0.2) is 4.39 Å². The summed E-state index contributed by atoms with van der Waals surface area (Å²) in [6, 6.07) is 4.34. The van der Waals surface area contributed by atoms with Gasteiger partial charge in [-0.3, -0.25) is 14.9 Å². The molecule has 2 amide bonds. The van der Waals surface area contributed by atoms with E-state index in [0.29, 0.717) is 30.5 Å².